The molecule has 3 nitrogen and oxygen atoms in total. The molecule has 0 atom stereocenters. The van der Waals surface area contributed by atoms with E-state index in [4.69, 9.17) is 0 Å². The number of carboxylic acid groups (broad SMARTS) is 1. The van der Waals surface area contributed by atoms with Crippen molar-refractivity contribution in [2.24, 2.45) is 0 Å². The number of hydrogen-bond acceptors (Lipinski definition) is 2. The van der Waals surface area contributed by atoms with Crippen LogP contribution in [0.2, 0.25) is 0 Å². The number of carboxylic acids is 1. The quantitative estimate of drug-likeness (QED) is 0.277. The zero-order valence-electron chi connectivity index (χ0n) is 21.5. The zero-order valence-corrected chi connectivity index (χ0v) is 21.5. The average molecular weight is 484 g/mol. The van der Waals surface area contributed by atoms with Crippen LogP contribution < -0.4 is 4.90 Å². The van der Waals surface area contributed by atoms with Gasteiger partial charge >= 0.3 is 5.97 Å². The number of fused-ring (bicyclic) bond motifs is 4. The molecule has 0 aromatic heterocycles. The summed E-state index contributed by atoms with van der Waals surface area (Å²) in [5.74, 6) is -0.924. The van der Waals surface area contributed by atoms with E-state index in [1.165, 1.54) is 44.2 Å². The van der Waals surface area contributed by atoms with Crippen LogP contribution in [0.25, 0.3) is 21.9 Å². The third kappa shape index (κ3) is 3.54. The van der Waals surface area contributed by atoms with Gasteiger partial charge in [0.2, 0.25) is 0 Å². The highest BCUT2D eigenvalue weighted by Crippen LogP contribution is 2.51. The SMILES string of the molecule is Cc1cccc2c(N(c3ccc(C(=O)O)cc3)c3ccc4c(c3)C(C)(C)c3ccccc3-4)ccc(C)c12. The molecule has 0 aliphatic heterocycles. The number of nitrogens with zero attached hydrogens (tertiary/aromatic N) is 1. The Hall–Kier alpha value is -4.37. The van der Waals surface area contributed by atoms with Gasteiger partial charge < -0.3 is 10.0 Å². The number of aryl methyl sites for hydroxylation is 2. The minimum atomic E-state index is -0.924. The third-order valence-corrected chi connectivity index (χ3v) is 7.87. The van der Waals surface area contributed by atoms with Gasteiger partial charge in [-0.3, -0.25) is 0 Å². The summed E-state index contributed by atoms with van der Waals surface area (Å²) >= 11 is 0. The molecule has 3 heteroatoms. The monoisotopic (exact) mass is 483 g/mol. The topological polar surface area (TPSA) is 40.5 Å². The molecule has 0 heterocycles. The highest BCUT2D eigenvalue weighted by Gasteiger charge is 2.35. The van der Waals surface area contributed by atoms with Crippen LogP contribution in [0.4, 0.5) is 17.1 Å². The highest BCUT2D eigenvalue weighted by molar-refractivity contribution is 6.02. The van der Waals surface area contributed by atoms with Gasteiger partial charge in [0.25, 0.3) is 0 Å². The molecule has 0 bridgehead atoms. The smallest absolute Gasteiger partial charge is 0.335 e. The van der Waals surface area contributed by atoms with Crippen LogP contribution in [0, 0.1) is 13.8 Å². The van der Waals surface area contributed by atoms with Crippen LogP contribution in [0.3, 0.4) is 0 Å². The van der Waals surface area contributed by atoms with Crippen molar-refractivity contribution >= 4 is 33.8 Å². The van der Waals surface area contributed by atoms with Crippen molar-refractivity contribution in [2.45, 2.75) is 33.1 Å². The first-order chi connectivity index (χ1) is 17.8. The first-order valence-corrected chi connectivity index (χ1v) is 12.6. The Morgan fingerprint density at radius 3 is 2.14 bits per heavy atom. The minimum Gasteiger partial charge on any atom is -0.478 e. The van der Waals surface area contributed by atoms with Crippen LogP contribution in [0.1, 0.15) is 46.5 Å². The van der Waals surface area contributed by atoms with E-state index in [1.54, 1.807) is 12.1 Å². The van der Waals surface area contributed by atoms with Gasteiger partial charge in [-0.1, -0.05) is 68.4 Å². The molecule has 182 valence electrons. The van der Waals surface area contributed by atoms with E-state index in [1.807, 2.05) is 12.1 Å². The van der Waals surface area contributed by atoms with Crippen LogP contribution >= 0.6 is 0 Å². The molecule has 1 aliphatic rings. The first-order valence-electron chi connectivity index (χ1n) is 12.6. The second kappa shape index (κ2) is 8.35. The molecule has 0 amide bonds. The minimum absolute atomic E-state index is 0.118. The summed E-state index contributed by atoms with van der Waals surface area (Å²) in [6.07, 6.45) is 0. The summed E-state index contributed by atoms with van der Waals surface area (Å²) < 4.78 is 0. The lowest BCUT2D eigenvalue weighted by molar-refractivity contribution is 0.0697. The number of rotatable bonds is 4. The fraction of sp³-hybridized carbons (Fsp3) is 0.147. The van der Waals surface area contributed by atoms with Crippen LogP contribution in [0.5, 0.6) is 0 Å². The molecular weight excluding hydrogens is 454 g/mol. The van der Waals surface area contributed by atoms with Crippen LogP contribution in [-0.4, -0.2) is 11.1 Å². The molecular formula is C34H29NO2. The van der Waals surface area contributed by atoms with Crippen LogP contribution in [0.15, 0.2) is 97.1 Å². The Morgan fingerprint density at radius 2 is 1.38 bits per heavy atom. The van der Waals surface area contributed by atoms with E-state index in [9.17, 15) is 9.90 Å². The van der Waals surface area contributed by atoms with Gasteiger partial charge in [-0.05, 0) is 95.1 Å². The molecule has 0 radical (unpaired) electrons. The number of aromatic carboxylic acids is 1. The lowest BCUT2D eigenvalue weighted by atomic mass is 9.82. The predicted molar refractivity (Wildman–Crippen MR) is 153 cm³/mol. The van der Waals surface area contributed by atoms with E-state index in [2.05, 4.69) is 105 Å². The molecule has 5 aromatic rings. The van der Waals surface area contributed by atoms with Gasteiger partial charge in [-0.2, -0.15) is 0 Å². The highest BCUT2D eigenvalue weighted by atomic mass is 16.4. The maximum absolute atomic E-state index is 11.6. The van der Waals surface area contributed by atoms with E-state index >= 15 is 0 Å². The van der Waals surface area contributed by atoms with Gasteiger partial charge in [0.15, 0.2) is 0 Å². The summed E-state index contributed by atoms with van der Waals surface area (Å²) in [5.41, 5.74) is 10.9. The van der Waals surface area contributed by atoms with E-state index in [0.717, 1.165) is 17.1 Å². The van der Waals surface area contributed by atoms with Gasteiger partial charge in [0, 0.05) is 22.2 Å². The van der Waals surface area contributed by atoms with Crippen molar-refractivity contribution in [1.29, 1.82) is 0 Å². The molecule has 0 fully saturated rings. The molecule has 37 heavy (non-hydrogen) atoms. The van der Waals surface area contributed by atoms with Crippen molar-refractivity contribution in [3.05, 3.63) is 125 Å². The molecule has 0 unspecified atom stereocenters. The maximum Gasteiger partial charge on any atom is 0.335 e. The molecule has 0 spiro atoms. The van der Waals surface area contributed by atoms with E-state index < -0.39 is 5.97 Å². The number of hydrogen-bond donors (Lipinski definition) is 1. The summed E-state index contributed by atoms with van der Waals surface area (Å²) in [6, 6.07) is 33.3. The standard InChI is InChI=1S/C34H29NO2/c1-21-8-7-10-28-31(19-12-22(2)32(21)28)35(24-15-13-23(14-16-24)33(36)37)25-17-18-27-26-9-5-6-11-29(26)34(3,4)30(27)20-25/h5-20H,1-4H3,(H,36,37). The number of benzene rings is 5. The van der Waals surface area contributed by atoms with E-state index in [0.29, 0.717) is 0 Å². The number of anilines is 3. The fourth-order valence-corrected chi connectivity index (χ4v) is 5.99. The molecule has 1 aliphatic carbocycles. The average Bonchev–Trinajstić information content (AvgIpc) is 3.12. The van der Waals surface area contributed by atoms with Crippen molar-refractivity contribution in [3.63, 3.8) is 0 Å². The van der Waals surface area contributed by atoms with Crippen molar-refractivity contribution < 1.29 is 9.90 Å². The van der Waals surface area contributed by atoms with Crippen molar-refractivity contribution in [1.82, 2.24) is 0 Å². The van der Waals surface area contributed by atoms with Gasteiger partial charge in [-0.25, -0.2) is 4.79 Å². The first kappa shape index (κ1) is 23.1. The Kier molecular flexibility index (Phi) is 5.20. The van der Waals surface area contributed by atoms with Gasteiger partial charge in [0.05, 0.1) is 11.3 Å². The summed E-state index contributed by atoms with van der Waals surface area (Å²) in [6.45, 7) is 8.89. The summed E-state index contributed by atoms with van der Waals surface area (Å²) in [7, 11) is 0. The van der Waals surface area contributed by atoms with Crippen molar-refractivity contribution in [2.75, 3.05) is 4.90 Å². The largest absolute Gasteiger partial charge is 0.478 e. The number of carbonyl (C=O) groups is 1. The Balaban J connectivity index is 1.61. The Bertz CT molecular complexity index is 1690. The van der Waals surface area contributed by atoms with Gasteiger partial charge in [-0.15, -0.1) is 0 Å². The molecule has 5 aromatic carbocycles. The molecule has 0 saturated heterocycles. The zero-order chi connectivity index (χ0) is 25.9. The fourth-order valence-electron chi connectivity index (χ4n) is 5.99. The molecule has 6 rings (SSSR count). The second-order valence-corrected chi connectivity index (χ2v) is 10.5. The van der Waals surface area contributed by atoms with Crippen molar-refractivity contribution in [3.8, 4) is 11.1 Å². The normalized spacial score (nSPS) is 13.3. The summed E-state index contributed by atoms with van der Waals surface area (Å²) in [5, 5.41) is 11.9. The Labute approximate surface area is 217 Å². The van der Waals surface area contributed by atoms with Gasteiger partial charge in [0.1, 0.15) is 0 Å². The van der Waals surface area contributed by atoms with Crippen LogP contribution in [-0.2, 0) is 5.41 Å². The Morgan fingerprint density at radius 1 is 0.703 bits per heavy atom. The lowest BCUT2D eigenvalue weighted by Crippen LogP contribution is -2.16. The predicted octanol–water partition coefficient (Wildman–Crippen LogP) is 8.93. The summed E-state index contributed by atoms with van der Waals surface area (Å²) in [4.78, 5) is 13.8. The third-order valence-electron chi connectivity index (χ3n) is 7.87. The lowest BCUT2D eigenvalue weighted by Gasteiger charge is -2.29. The molecule has 1 N–H and O–H groups in total. The molecule has 0 saturated carbocycles. The maximum atomic E-state index is 11.6. The van der Waals surface area contributed by atoms with E-state index in [-0.39, 0.29) is 11.0 Å². The second-order valence-electron chi connectivity index (χ2n) is 10.5.